The number of allylic oxidation sites excluding steroid dienone is 6. The van der Waals surface area contributed by atoms with Crippen LogP contribution in [0.25, 0.3) is 11.6 Å². The Balaban J connectivity index is 0.00000353. The molecule has 4 aromatic carbocycles. The van der Waals surface area contributed by atoms with E-state index >= 15 is 0 Å². The fourth-order valence-electron chi connectivity index (χ4n) is 4.18. The molecule has 0 saturated carbocycles. The van der Waals surface area contributed by atoms with E-state index in [9.17, 15) is 0 Å². The Morgan fingerprint density at radius 2 is 1.23 bits per heavy atom. The Hall–Kier alpha value is -5.22. The van der Waals surface area contributed by atoms with Crippen LogP contribution in [0.1, 0.15) is 29.7 Å². The van der Waals surface area contributed by atoms with Crippen LogP contribution in [0.2, 0.25) is 0 Å². The zero-order chi connectivity index (χ0) is 26.2. The number of anilines is 2. The molecular weight excluding hydrogens is 476 g/mol. The van der Waals surface area contributed by atoms with Gasteiger partial charge in [-0.25, -0.2) is 0 Å². The first kappa shape index (κ1) is 26.8. The maximum atomic E-state index is 5.95. The number of nitrogen functional groups attached to an aromatic ring is 1. The predicted octanol–water partition coefficient (Wildman–Crippen LogP) is 6.56. The number of rotatable bonds is 7. The summed E-state index contributed by atoms with van der Waals surface area (Å²) in [5.74, 6) is 0. The van der Waals surface area contributed by atoms with Gasteiger partial charge < -0.3 is 5.73 Å². The highest BCUT2D eigenvalue weighted by Gasteiger charge is 2.12. The molecule has 1 aliphatic carbocycles. The molecule has 0 bridgehead atoms. The Bertz CT molecular complexity index is 1540. The van der Waals surface area contributed by atoms with Crippen LogP contribution in [-0.2, 0) is 0 Å². The smallest absolute Gasteiger partial charge is 0.196 e. The molecule has 4 heteroatoms. The van der Waals surface area contributed by atoms with E-state index in [0.717, 1.165) is 56.2 Å². The fraction of sp³-hybridized carbons (Fsp3) is 0.0286. The van der Waals surface area contributed by atoms with E-state index in [2.05, 4.69) is 47.9 Å². The second-order valence-electron chi connectivity index (χ2n) is 8.92. The Morgan fingerprint density at radius 3 is 1.85 bits per heavy atom. The summed E-state index contributed by atoms with van der Waals surface area (Å²) < 4.78 is 0. The van der Waals surface area contributed by atoms with Gasteiger partial charge in [-0.05, 0) is 70.3 Å². The molecule has 5 N–H and O–H groups in total. The molecule has 0 heterocycles. The van der Waals surface area contributed by atoms with Crippen LogP contribution in [0, 0.1) is 0 Å². The average Bonchev–Trinajstić information content (AvgIpc) is 2.97. The van der Waals surface area contributed by atoms with Gasteiger partial charge in [-0.3, -0.25) is 10.8 Å². The first-order valence-corrected chi connectivity index (χ1v) is 12.5. The lowest BCUT2D eigenvalue weighted by molar-refractivity contribution is -0.110. The molecule has 0 aromatic heterocycles. The van der Waals surface area contributed by atoms with Crippen molar-refractivity contribution in [3.63, 3.8) is 0 Å². The number of nitrogens with one attached hydrogen (secondary N) is 1. The van der Waals surface area contributed by atoms with Crippen molar-refractivity contribution in [2.75, 3.05) is 11.2 Å². The molecule has 0 spiro atoms. The summed E-state index contributed by atoms with van der Waals surface area (Å²) in [5, 5.41) is 10.7. The summed E-state index contributed by atoms with van der Waals surface area (Å²) in [6.07, 6.45) is 12.0. The van der Waals surface area contributed by atoms with Gasteiger partial charge in [0.2, 0.25) is 0 Å². The third-order valence-corrected chi connectivity index (χ3v) is 6.18. The van der Waals surface area contributed by atoms with Gasteiger partial charge in [0.1, 0.15) is 0 Å². The van der Waals surface area contributed by atoms with E-state index in [4.69, 9.17) is 16.2 Å². The molecular formula is C35H33N4+. The Morgan fingerprint density at radius 1 is 0.667 bits per heavy atom. The number of hydrogen-bond acceptors (Lipinski definition) is 3. The molecule has 1 aliphatic rings. The molecule has 4 nitrogen and oxygen atoms in total. The third-order valence-electron chi connectivity index (χ3n) is 6.18. The van der Waals surface area contributed by atoms with Crippen LogP contribution in [-0.4, -0.2) is 11.4 Å². The first-order valence-electron chi connectivity index (χ1n) is 12.5. The van der Waals surface area contributed by atoms with Gasteiger partial charge in [0.15, 0.2) is 5.71 Å². The summed E-state index contributed by atoms with van der Waals surface area (Å²) in [6, 6.07) is 36.6. The quantitative estimate of drug-likeness (QED) is 0.150. The van der Waals surface area contributed by atoms with Crippen LogP contribution in [0.4, 0.5) is 11.4 Å². The van der Waals surface area contributed by atoms with Gasteiger partial charge in [-0.1, -0.05) is 98.4 Å². The molecule has 0 atom stereocenters. The normalized spacial score (nSPS) is 12.9. The number of nitrogens with two attached hydrogens (primary N) is 2. The van der Waals surface area contributed by atoms with Crippen LogP contribution < -0.4 is 16.6 Å². The molecule has 0 fully saturated rings. The van der Waals surface area contributed by atoms with Crippen molar-refractivity contribution >= 4 is 34.4 Å². The van der Waals surface area contributed by atoms with Gasteiger partial charge in [-0.2, -0.15) is 5.10 Å². The van der Waals surface area contributed by atoms with Crippen LogP contribution in [0.5, 0.6) is 0 Å². The van der Waals surface area contributed by atoms with Crippen LogP contribution >= 0.6 is 0 Å². The largest absolute Gasteiger partial charge is 0.399 e. The molecule has 0 saturated heterocycles. The van der Waals surface area contributed by atoms with Gasteiger partial charge in [0, 0.05) is 23.4 Å². The van der Waals surface area contributed by atoms with E-state index in [1.54, 1.807) is 0 Å². The summed E-state index contributed by atoms with van der Waals surface area (Å²) in [7, 11) is 0. The highest BCUT2D eigenvalue weighted by molar-refractivity contribution is 6.11. The topological polar surface area (TPSA) is 76.0 Å². The predicted molar refractivity (Wildman–Crippen MR) is 167 cm³/mol. The fourth-order valence-corrected chi connectivity index (χ4v) is 4.18. The zero-order valence-electron chi connectivity index (χ0n) is 21.0. The summed E-state index contributed by atoms with van der Waals surface area (Å²) in [5.41, 5.74) is 18.9. The summed E-state index contributed by atoms with van der Waals surface area (Å²) >= 11 is 0. The second-order valence-corrected chi connectivity index (χ2v) is 8.92. The molecule has 0 aliphatic heterocycles. The maximum absolute atomic E-state index is 5.95. The standard InChI is InChI=1S/C34H28N4.CH4/c35-30-18-12-27(13-19-30)34(28-14-20-31(36)21-15-28)29-16-22-32(23-17-29)37-38-33(26-9-5-2-6-10-26)24-11-25-7-3-1-4-8-25;/h1-24,35,37H,36H2;1H4/p+1. The number of nitrogens with zero attached hydrogens (tertiary/aromatic N) is 1. The lowest BCUT2D eigenvalue weighted by atomic mass is 9.90. The van der Waals surface area contributed by atoms with Crippen molar-refractivity contribution in [2.24, 2.45) is 5.10 Å². The van der Waals surface area contributed by atoms with Gasteiger partial charge in [0.25, 0.3) is 0 Å². The van der Waals surface area contributed by atoms with Gasteiger partial charge >= 0.3 is 0 Å². The van der Waals surface area contributed by atoms with Crippen molar-refractivity contribution in [2.45, 2.75) is 7.43 Å². The third kappa shape index (κ3) is 6.96. The van der Waals surface area contributed by atoms with Crippen LogP contribution in [0.15, 0.2) is 150 Å². The molecule has 39 heavy (non-hydrogen) atoms. The van der Waals surface area contributed by atoms with Crippen molar-refractivity contribution in [3.05, 3.63) is 167 Å². The van der Waals surface area contributed by atoms with E-state index in [1.165, 1.54) is 0 Å². The van der Waals surface area contributed by atoms with Crippen molar-refractivity contribution in [1.82, 2.24) is 0 Å². The van der Waals surface area contributed by atoms with E-state index < -0.39 is 0 Å². The Kier molecular flexibility index (Phi) is 8.83. The van der Waals surface area contributed by atoms with E-state index in [0.29, 0.717) is 0 Å². The highest BCUT2D eigenvalue weighted by atomic mass is 15.3. The van der Waals surface area contributed by atoms with Gasteiger partial charge in [0.05, 0.1) is 11.4 Å². The number of hydrogen-bond donors (Lipinski definition) is 3. The van der Waals surface area contributed by atoms with E-state index in [1.807, 2.05) is 103 Å². The van der Waals surface area contributed by atoms with Crippen LogP contribution in [0.3, 0.4) is 0 Å². The zero-order valence-corrected chi connectivity index (χ0v) is 21.0. The average molecular weight is 510 g/mol. The second kappa shape index (κ2) is 12.8. The molecule has 0 amide bonds. The molecule has 5 rings (SSSR count). The first-order chi connectivity index (χ1) is 18.7. The minimum Gasteiger partial charge on any atom is -0.399 e. The lowest BCUT2D eigenvalue weighted by Gasteiger charge is -2.14. The lowest BCUT2D eigenvalue weighted by Crippen LogP contribution is -2.37. The summed E-state index contributed by atoms with van der Waals surface area (Å²) in [4.78, 5) is 0. The van der Waals surface area contributed by atoms with Gasteiger partial charge in [-0.15, -0.1) is 0 Å². The minimum absolute atomic E-state index is 0. The van der Waals surface area contributed by atoms with Crippen molar-refractivity contribution in [1.29, 1.82) is 0 Å². The highest BCUT2D eigenvalue weighted by Crippen LogP contribution is 2.31. The summed E-state index contributed by atoms with van der Waals surface area (Å²) in [6.45, 7) is 0. The number of benzene rings is 4. The molecule has 192 valence electrons. The van der Waals surface area contributed by atoms with Crippen molar-refractivity contribution < 1.29 is 5.41 Å². The molecule has 4 aromatic rings. The maximum Gasteiger partial charge on any atom is 0.196 e. The van der Waals surface area contributed by atoms with Crippen molar-refractivity contribution in [3.8, 4) is 0 Å². The SMILES string of the molecule is C.Nc1ccc(C(=C2C=CC(=[NH2+])C=C2)c2ccc(NN=C(C=Cc3ccccc3)c3ccccc3)cc2)cc1. The molecule has 0 radical (unpaired) electrons. The molecule has 0 unspecified atom stereocenters. The van der Waals surface area contributed by atoms with E-state index in [-0.39, 0.29) is 7.43 Å². The minimum atomic E-state index is 0. The Labute approximate surface area is 230 Å². The monoisotopic (exact) mass is 509 g/mol. The number of hydrazone groups is 1.